The van der Waals surface area contributed by atoms with Gasteiger partial charge in [0, 0.05) is 18.2 Å². The van der Waals surface area contributed by atoms with E-state index in [1.165, 1.54) is 12.1 Å². The van der Waals surface area contributed by atoms with Crippen molar-refractivity contribution in [1.29, 1.82) is 0 Å². The van der Waals surface area contributed by atoms with Gasteiger partial charge in [0.05, 0.1) is 6.61 Å². The van der Waals surface area contributed by atoms with Crippen molar-refractivity contribution in [3.05, 3.63) is 35.1 Å². The summed E-state index contributed by atoms with van der Waals surface area (Å²) >= 11 is 4.89. The van der Waals surface area contributed by atoms with Gasteiger partial charge in [0.2, 0.25) is 0 Å². The third-order valence-corrected chi connectivity index (χ3v) is 3.82. The first-order valence-corrected chi connectivity index (χ1v) is 6.95. The fourth-order valence-electron chi connectivity index (χ4n) is 2.59. The monoisotopic (exact) mass is 282 g/mol. The molecule has 3 N–H and O–H groups in total. The molecule has 1 aliphatic rings. The minimum absolute atomic E-state index is 0.150. The Balaban J connectivity index is 2.15. The number of piperidine rings is 1. The van der Waals surface area contributed by atoms with Gasteiger partial charge >= 0.3 is 0 Å². The lowest BCUT2D eigenvalue weighted by molar-refractivity contribution is 0.0840. The summed E-state index contributed by atoms with van der Waals surface area (Å²) < 4.78 is 13.5. The molecule has 0 aliphatic carbocycles. The molecule has 1 atom stereocenters. The third-order valence-electron chi connectivity index (χ3n) is 3.59. The Hall–Kier alpha value is -1.04. The first kappa shape index (κ1) is 14.4. The highest BCUT2D eigenvalue weighted by Gasteiger charge is 2.21. The van der Waals surface area contributed by atoms with Gasteiger partial charge in [-0.15, -0.1) is 0 Å². The van der Waals surface area contributed by atoms with Crippen LogP contribution in [0.4, 0.5) is 4.39 Å². The molecule has 1 fully saturated rings. The molecule has 0 saturated carbocycles. The van der Waals surface area contributed by atoms with Gasteiger partial charge in [0.25, 0.3) is 0 Å². The molecule has 1 aromatic carbocycles. The number of nitrogens with two attached hydrogens (primary N) is 1. The van der Waals surface area contributed by atoms with Gasteiger partial charge in [0.1, 0.15) is 10.8 Å². The molecule has 0 spiro atoms. The van der Waals surface area contributed by atoms with Gasteiger partial charge in [-0.05, 0) is 43.1 Å². The van der Waals surface area contributed by atoms with Gasteiger partial charge in [0.15, 0.2) is 0 Å². The summed E-state index contributed by atoms with van der Waals surface area (Å²) in [6.07, 6.45) is 3.25. The van der Waals surface area contributed by atoms with Crippen LogP contribution in [0.2, 0.25) is 0 Å². The highest BCUT2D eigenvalue weighted by molar-refractivity contribution is 7.80. The number of nitrogens with zero attached hydrogens (tertiary/aromatic N) is 1. The lowest BCUT2D eigenvalue weighted by atomic mass is 10.0. The van der Waals surface area contributed by atoms with Gasteiger partial charge in [-0.2, -0.15) is 0 Å². The molecule has 0 bridgehead atoms. The van der Waals surface area contributed by atoms with Crippen molar-refractivity contribution in [3.63, 3.8) is 0 Å². The van der Waals surface area contributed by atoms with E-state index in [0.717, 1.165) is 31.4 Å². The Morgan fingerprint density at radius 2 is 2.21 bits per heavy atom. The van der Waals surface area contributed by atoms with Crippen LogP contribution in [-0.4, -0.2) is 34.2 Å². The molecule has 1 aliphatic heterocycles. The van der Waals surface area contributed by atoms with E-state index in [9.17, 15) is 9.50 Å². The Bertz CT molecular complexity index is 467. The van der Waals surface area contributed by atoms with Crippen LogP contribution in [0.15, 0.2) is 18.2 Å². The summed E-state index contributed by atoms with van der Waals surface area (Å²) in [6.45, 7) is 1.71. The zero-order valence-corrected chi connectivity index (χ0v) is 11.6. The Labute approximate surface area is 118 Å². The van der Waals surface area contributed by atoms with Crippen LogP contribution in [0, 0.1) is 5.82 Å². The quantitative estimate of drug-likeness (QED) is 0.827. The van der Waals surface area contributed by atoms with Gasteiger partial charge in [-0.3, -0.25) is 4.90 Å². The number of thiocarbonyl (C=S) groups is 1. The average molecular weight is 282 g/mol. The molecule has 1 heterocycles. The fraction of sp³-hybridized carbons (Fsp3) is 0.500. The van der Waals surface area contributed by atoms with Crippen LogP contribution >= 0.6 is 12.2 Å². The zero-order chi connectivity index (χ0) is 13.8. The summed E-state index contributed by atoms with van der Waals surface area (Å²) in [5.74, 6) is -0.321. The molecule has 2 rings (SSSR count). The summed E-state index contributed by atoms with van der Waals surface area (Å²) in [5, 5.41) is 9.38. The highest BCUT2D eigenvalue weighted by atomic mass is 32.1. The van der Waals surface area contributed by atoms with Crippen molar-refractivity contribution in [3.8, 4) is 0 Å². The molecule has 3 nitrogen and oxygen atoms in total. The Morgan fingerprint density at radius 1 is 1.42 bits per heavy atom. The van der Waals surface area contributed by atoms with Crippen LogP contribution in [0.3, 0.4) is 0 Å². The molecule has 1 unspecified atom stereocenters. The molecule has 0 amide bonds. The highest BCUT2D eigenvalue weighted by Crippen LogP contribution is 2.20. The maximum atomic E-state index is 13.5. The van der Waals surface area contributed by atoms with Crippen molar-refractivity contribution in [2.75, 3.05) is 13.2 Å². The molecule has 1 aromatic rings. The van der Waals surface area contributed by atoms with Crippen LogP contribution in [0.5, 0.6) is 0 Å². The first-order chi connectivity index (χ1) is 9.10. The van der Waals surface area contributed by atoms with E-state index in [4.69, 9.17) is 18.0 Å². The Kier molecular flexibility index (Phi) is 4.85. The molecule has 5 heteroatoms. The summed E-state index contributed by atoms with van der Waals surface area (Å²) in [6, 6.07) is 4.86. The van der Waals surface area contributed by atoms with E-state index >= 15 is 0 Å². The average Bonchev–Trinajstić information content (AvgIpc) is 2.38. The number of rotatable bonds is 4. The number of benzene rings is 1. The maximum absolute atomic E-state index is 13.5. The van der Waals surface area contributed by atoms with Gasteiger partial charge < -0.3 is 10.8 Å². The lowest BCUT2D eigenvalue weighted by Gasteiger charge is -2.34. The molecular weight excluding hydrogens is 263 g/mol. The second-order valence-corrected chi connectivity index (χ2v) is 5.45. The third kappa shape index (κ3) is 3.72. The minimum atomic E-state index is -0.321. The van der Waals surface area contributed by atoms with Crippen LogP contribution in [0.25, 0.3) is 0 Å². The molecule has 0 radical (unpaired) electrons. The smallest absolute Gasteiger partial charge is 0.124 e. The molecular formula is C14H19FN2OS. The summed E-state index contributed by atoms with van der Waals surface area (Å²) in [4.78, 5) is 2.40. The van der Waals surface area contributed by atoms with Crippen molar-refractivity contribution < 1.29 is 9.50 Å². The summed E-state index contributed by atoms with van der Waals surface area (Å²) in [5.41, 5.74) is 6.96. The second kappa shape index (κ2) is 6.41. The van der Waals surface area contributed by atoms with Crippen LogP contribution in [0.1, 0.15) is 30.4 Å². The standard InChI is InChI=1S/C14H19FN2OS/c15-12-6-10(5-11(7-12)14(16)19)8-17-4-2-1-3-13(17)9-18/h5-7,13,18H,1-4,8-9H2,(H2,16,19). The topological polar surface area (TPSA) is 49.5 Å². The van der Waals surface area contributed by atoms with Crippen LogP contribution < -0.4 is 5.73 Å². The molecule has 19 heavy (non-hydrogen) atoms. The van der Waals surface area contributed by atoms with Gasteiger partial charge in [-0.25, -0.2) is 4.39 Å². The SMILES string of the molecule is NC(=S)c1cc(F)cc(CN2CCCCC2CO)c1. The van der Waals surface area contributed by atoms with E-state index in [-0.39, 0.29) is 23.5 Å². The minimum Gasteiger partial charge on any atom is -0.395 e. The van der Waals surface area contributed by atoms with Crippen molar-refractivity contribution in [2.45, 2.75) is 31.8 Å². The normalized spacial score (nSPS) is 20.4. The summed E-state index contributed by atoms with van der Waals surface area (Å²) in [7, 11) is 0. The second-order valence-electron chi connectivity index (χ2n) is 5.02. The lowest BCUT2D eigenvalue weighted by Crippen LogP contribution is -2.41. The predicted octanol–water partition coefficient (Wildman–Crippen LogP) is 1.81. The zero-order valence-electron chi connectivity index (χ0n) is 10.8. The van der Waals surface area contributed by atoms with E-state index in [2.05, 4.69) is 4.90 Å². The van der Waals surface area contributed by atoms with Crippen molar-refractivity contribution in [2.24, 2.45) is 5.73 Å². The first-order valence-electron chi connectivity index (χ1n) is 6.54. The van der Waals surface area contributed by atoms with E-state index < -0.39 is 0 Å². The number of hydrogen-bond acceptors (Lipinski definition) is 3. The number of aliphatic hydroxyl groups is 1. The number of likely N-dealkylation sites (tertiary alicyclic amines) is 1. The Morgan fingerprint density at radius 3 is 2.89 bits per heavy atom. The predicted molar refractivity (Wildman–Crippen MR) is 77.4 cm³/mol. The number of aliphatic hydroxyl groups excluding tert-OH is 1. The van der Waals surface area contributed by atoms with Crippen molar-refractivity contribution >= 4 is 17.2 Å². The fourth-order valence-corrected chi connectivity index (χ4v) is 2.71. The van der Waals surface area contributed by atoms with E-state index in [1.807, 2.05) is 6.07 Å². The maximum Gasteiger partial charge on any atom is 0.124 e. The van der Waals surface area contributed by atoms with Crippen LogP contribution in [-0.2, 0) is 6.54 Å². The number of hydrogen-bond donors (Lipinski definition) is 2. The molecule has 104 valence electrons. The van der Waals surface area contributed by atoms with Crippen molar-refractivity contribution in [1.82, 2.24) is 4.90 Å². The largest absolute Gasteiger partial charge is 0.395 e. The molecule has 0 aromatic heterocycles. The molecule has 1 saturated heterocycles. The van der Waals surface area contributed by atoms with Gasteiger partial charge in [-0.1, -0.05) is 18.6 Å². The van der Waals surface area contributed by atoms with E-state index in [0.29, 0.717) is 12.1 Å². The van der Waals surface area contributed by atoms with E-state index in [1.54, 1.807) is 0 Å². The number of halogens is 1.